The maximum atomic E-state index is 11.9. The van der Waals surface area contributed by atoms with E-state index in [4.69, 9.17) is 16.4 Å². The van der Waals surface area contributed by atoms with Gasteiger partial charge in [-0.2, -0.15) is 5.06 Å². The molecule has 0 fully saturated rings. The van der Waals surface area contributed by atoms with E-state index in [2.05, 4.69) is 10.4 Å². The summed E-state index contributed by atoms with van der Waals surface area (Å²) < 4.78 is 0.982. The van der Waals surface area contributed by atoms with Crippen LogP contribution < -0.4 is 10.5 Å². The van der Waals surface area contributed by atoms with Crippen LogP contribution in [0.4, 0.5) is 5.13 Å². The summed E-state index contributed by atoms with van der Waals surface area (Å²) >= 11 is 7.53. The van der Waals surface area contributed by atoms with Gasteiger partial charge in [0.05, 0.1) is 23.4 Å². The highest BCUT2D eigenvalue weighted by Crippen LogP contribution is 2.30. The number of aryl methyl sites for hydroxylation is 2. The van der Waals surface area contributed by atoms with E-state index >= 15 is 0 Å². The van der Waals surface area contributed by atoms with Crippen LogP contribution in [0.5, 0.6) is 0 Å². The highest BCUT2D eigenvalue weighted by atomic mass is 35.5. The Bertz CT molecular complexity index is 1020. The minimum absolute atomic E-state index is 0.113. The van der Waals surface area contributed by atoms with E-state index in [1.165, 1.54) is 23.3 Å². The average Bonchev–Trinajstić information content (AvgIpc) is 3.11. The molecule has 2 amide bonds. The van der Waals surface area contributed by atoms with Gasteiger partial charge in [0.15, 0.2) is 0 Å². The standard InChI is InChI=1S/C21H23ClN4O3S/c1-14-10-19-20(11-15(14)2)30-21(24-19)26(13-27)29-9-8-25(16(3)28)23-12-17-6-4-5-7-18(17)22/h4-7,10-11,13,23H,8-9,12H2,1-3H3. The molecule has 0 atom stereocenters. The van der Waals surface area contributed by atoms with Crippen LogP contribution in [0.2, 0.25) is 5.02 Å². The van der Waals surface area contributed by atoms with Crippen molar-refractivity contribution in [2.24, 2.45) is 0 Å². The largest absolute Gasteiger partial charge is 0.276 e. The number of fused-ring (bicyclic) bond motifs is 1. The molecule has 1 aromatic heterocycles. The third-order valence-electron chi connectivity index (χ3n) is 4.62. The van der Waals surface area contributed by atoms with Gasteiger partial charge in [0.1, 0.15) is 0 Å². The lowest BCUT2D eigenvalue weighted by atomic mass is 10.1. The van der Waals surface area contributed by atoms with E-state index in [1.807, 2.05) is 44.2 Å². The molecule has 1 N–H and O–H groups in total. The highest BCUT2D eigenvalue weighted by Gasteiger charge is 2.15. The molecular weight excluding hydrogens is 424 g/mol. The van der Waals surface area contributed by atoms with E-state index in [1.54, 1.807) is 6.07 Å². The summed E-state index contributed by atoms with van der Waals surface area (Å²) in [6.45, 7) is 6.26. The normalized spacial score (nSPS) is 10.9. The van der Waals surface area contributed by atoms with Gasteiger partial charge >= 0.3 is 0 Å². The van der Waals surface area contributed by atoms with Crippen LogP contribution >= 0.6 is 22.9 Å². The molecule has 9 heteroatoms. The Morgan fingerprint density at radius 2 is 2.00 bits per heavy atom. The Kier molecular flexibility index (Phi) is 7.38. The number of aromatic nitrogens is 1. The molecular formula is C21H23ClN4O3S. The quantitative estimate of drug-likeness (QED) is 0.397. The second-order valence-electron chi connectivity index (χ2n) is 6.76. The van der Waals surface area contributed by atoms with Gasteiger partial charge in [-0.15, -0.1) is 0 Å². The predicted molar refractivity (Wildman–Crippen MR) is 119 cm³/mol. The summed E-state index contributed by atoms with van der Waals surface area (Å²) in [5.41, 5.74) is 7.04. The SMILES string of the molecule is CC(=O)N(CCON(C=O)c1nc2cc(C)c(C)cc2s1)NCc1ccccc1Cl. The number of halogens is 1. The van der Waals surface area contributed by atoms with Gasteiger partial charge in [0.25, 0.3) is 0 Å². The fourth-order valence-corrected chi connectivity index (χ4v) is 3.97. The molecule has 0 spiro atoms. The van der Waals surface area contributed by atoms with Crippen LogP contribution in [0.15, 0.2) is 36.4 Å². The van der Waals surface area contributed by atoms with Gasteiger partial charge in [0, 0.05) is 18.5 Å². The lowest BCUT2D eigenvalue weighted by Crippen LogP contribution is -2.44. The van der Waals surface area contributed by atoms with E-state index in [0.717, 1.165) is 32.0 Å². The number of amides is 2. The van der Waals surface area contributed by atoms with Crippen molar-refractivity contribution in [3.05, 3.63) is 58.1 Å². The van der Waals surface area contributed by atoms with Crippen molar-refractivity contribution >= 4 is 50.6 Å². The molecule has 2 aromatic carbocycles. The van der Waals surface area contributed by atoms with Crippen molar-refractivity contribution in [2.45, 2.75) is 27.3 Å². The number of hydroxylamine groups is 1. The molecule has 158 valence electrons. The summed E-state index contributed by atoms with van der Waals surface area (Å²) in [4.78, 5) is 33.5. The summed E-state index contributed by atoms with van der Waals surface area (Å²) in [6, 6.07) is 11.4. The topological polar surface area (TPSA) is 74.8 Å². The lowest BCUT2D eigenvalue weighted by molar-refractivity contribution is -0.133. The zero-order valence-corrected chi connectivity index (χ0v) is 18.6. The van der Waals surface area contributed by atoms with Gasteiger partial charge in [-0.1, -0.05) is 41.1 Å². The fraction of sp³-hybridized carbons (Fsp3) is 0.286. The third kappa shape index (κ3) is 5.34. The molecule has 3 aromatic rings. The Labute approximate surface area is 184 Å². The van der Waals surface area contributed by atoms with Crippen LogP contribution in [0.1, 0.15) is 23.6 Å². The number of thiazole rings is 1. The summed E-state index contributed by atoms with van der Waals surface area (Å²) in [5.74, 6) is -0.172. The van der Waals surface area contributed by atoms with Crippen molar-refractivity contribution in [1.82, 2.24) is 15.4 Å². The van der Waals surface area contributed by atoms with Crippen molar-refractivity contribution in [3.63, 3.8) is 0 Å². The number of hydrogen-bond acceptors (Lipinski definition) is 6. The molecule has 3 rings (SSSR count). The van der Waals surface area contributed by atoms with Crippen LogP contribution in [0.3, 0.4) is 0 Å². The number of hydrazine groups is 1. The van der Waals surface area contributed by atoms with Gasteiger partial charge in [-0.3, -0.25) is 19.4 Å². The maximum absolute atomic E-state index is 11.9. The fourth-order valence-electron chi connectivity index (χ4n) is 2.79. The number of nitrogens with zero attached hydrogens (tertiary/aromatic N) is 3. The number of carbonyl (C=O) groups excluding carboxylic acids is 2. The minimum Gasteiger partial charge on any atom is -0.276 e. The number of benzene rings is 2. The van der Waals surface area contributed by atoms with Crippen molar-refractivity contribution in [1.29, 1.82) is 0 Å². The number of rotatable bonds is 9. The van der Waals surface area contributed by atoms with Gasteiger partial charge in [-0.25, -0.2) is 10.4 Å². The number of hydrogen-bond donors (Lipinski definition) is 1. The highest BCUT2D eigenvalue weighted by molar-refractivity contribution is 7.22. The molecule has 0 unspecified atom stereocenters. The molecule has 1 heterocycles. The molecule has 0 aliphatic heterocycles. The number of carbonyl (C=O) groups is 2. The van der Waals surface area contributed by atoms with E-state index < -0.39 is 0 Å². The first-order chi connectivity index (χ1) is 14.4. The minimum atomic E-state index is -0.172. The smallest absolute Gasteiger partial charge is 0.240 e. The first kappa shape index (κ1) is 22.2. The predicted octanol–water partition coefficient (Wildman–Crippen LogP) is 4.01. The second-order valence-corrected chi connectivity index (χ2v) is 8.18. The van der Waals surface area contributed by atoms with Crippen LogP contribution in [-0.4, -0.2) is 35.5 Å². The monoisotopic (exact) mass is 446 g/mol. The summed E-state index contributed by atoms with van der Waals surface area (Å²) in [6.07, 6.45) is 0.576. The molecule has 0 saturated heterocycles. The third-order valence-corrected chi connectivity index (χ3v) is 5.99. The molecule has 7 nitrogen and oxygen atoms in total. The lowest BCUT2D eigenvalue weighted by Gasteiger charge is -2.23. The van der Waals surface area contributed by atoms with Crippen molar-refractivity contribution in [3.8, 4) is 0 Å². The van der Waals surface area contributed by atoms with Gasteiger partial charge in [-0.05, 0) is 48.7 Å². The number of anilines is 1. The van der Waals surface area contributed by atoms with Crippen LogP contribution in [-0.2, 0) is 21.0 Å². The molecule has 0 bridgehead atoms. The Hall–Kier alpha value is -2.52. The first-order valence-electron chi connectivity index (χ1n) is 9.39. The zero-order chi connectivity index (χ0) is 21.7. The molecule has 0 saturated carbocycles. The second kappa shape index (κ2) is 9.99. The van der Waals surface area contributed by atoms with Crippen molar-refractivity contribution in [2.75, 3.05) is 18.2 Å². The van der Waals surface area contributed by atoms with Gasteiger partial charge < -0.3 is 0 Å². The number of nitrogens with one attached hydrogen (secondary N) is 1. The van der Waals surface area contributed by atoms with E-state index in [9.17, 15) is 9.59 Å². The Balaban J connectivity index is 1.60. The van der Waals surface area contributed by atoms with Crippen LogP contribution in [0.25, 0.3) is 10.2 Å². The summed E-state index contributed by atoms with van der Waals surface area (Å²) in [7, 11) is 0. The van der Waals surface area contributed by atoms with Gasteiger partial charge in [0.2, 0.25) is 17.4 Å². The average molecular weight is 447 g/mol. The van der Waals surface area contributed by atoms with Crippen LogP contribution in [0, 0.1) is 13.8 Å². The van der Waals surface area contributed by atoms with E-state index in [-0.39, 0.29) is 19.1 Å². The summed E-state index contributed by atoms with van der Waals surface area (Å²) in [5, 5.41) is 3.60. The first-order valence-corrected chi connectivity index (χ1v) is 10.6. The Morgan fingerprint density at radius 3 is 2.70 bits per heavy atom. The molecule has 30 heavy (non-hydrogen) atoms. The zero-order valence-electron chi connectivity index (χ0n) is 17.0. The maximum Gasteiger partial charge on any atom is 0.240 e. The van der Waals surface area contributed by atoms with Crippen molar-refractivity contribution < 1.29 is 14.4 Å². The van der Waals surface area contributed by atoms with E-state index in [0.29, 0.717) is 23.1 Å². The molecule has 0 aliphatic carbocycles. The molecule has 0 aliphatic rings. The molecule has 0 radical (unpaired) electrons. The Morgan fingerprint density at radius 1 is 1.27 bits per heavy atom.